The number of aromatic nitrogens is 3. The zero-order chi connectivity index (χ0) is 57.8. The molecule has 11 aromatic rings. The van der Waals surface area contributed by atoms with Gasteiger partial charge in [-0.25, -0.2) is 0 Å². The molecule has 11 rings (SSSR count). The second-order valence-electron chi connectivity index (χ2n) is 11.5. The van der Waals surface area contributed by atoms with Crippen LogP contribution in [0.3, 0.4) is 0 Å². The fraction of sp³-hybridized carbons (Fsp3) is 0. The van der Waals surface area contributed by atoms with Crippen molar-refractivity contribution in [2.24, 2.45) is 0 Å². The number of hydrogen-bond acceptors (Lipinski definition) is 1. The van der Waals surface area contributed by atoms with Crippen LogP contribution in [-0.4, -0.2) is 18.8 Å². The average Bonchev–Trinajstić information content (AvgIpc) is 3.34. The number of phenols is 1. The van der Waals surface area contributed by atoms with Gasteiger partial charge in [0.05, 0.1) is 70.1 Å². The Bertz CT molecular complexity index is 4580. The summed E-state index contributed by atoms with van der Waals surface area (Å²) >= 11 is 0. The lowest BCUT2D eigenvalue weighted by Crippen LogP contribution is -2.00. The minimum absolute atomic E-state index is 0.320. The number of fused-ring (bicyclic) bond motifs is 9. The van der Waals surface area contributed by atoms with Gasteiger partial charge in [-0.15, -0.1) is 0 Å². The summed E-state index contributed by atoms with van der Waals surface area (Å²) in [5.41, 5.74) is -5.46. The molecule has 0 aliphatic heterocycles. The summed E-state index contributed by atoms with van der Waals surface area (Å²) in [5.74, 6) is -1.10. The van der Waals surface area contributed by atoms with Crippen LogP contribution >= 0.6 is 0 Å². The third-order valence-corrected chi connectivity index (χ3v) is 8.75. The normalized spacial score (nSPS) is 19.2. The van der Waals surface area contributed by atoms with E-state index in [-0.39, 0.29) is 27.7 Å². The summed E-state index contributed by atoms with van der Waals surface area (Å²) in [6, 6.07) is -19.0. The molecule has 0 radical (unpaired) electrons. The number of benzene rings is 8. The van der Waals surface area contributed by atoms with Crippen LogP contribution in [-0.2, 0) is 0 Å². The van der Waals surface area contributed by atoms with E-state index in [1.54, 1.807) is 0 Å². The summed E-state index contributed by atoms with van der Waals surface area (Å²) in [4.78, 5) is 0. The highest BCUT2D eigenvalue weighted by molar-refractivity contribution is 6.13. The van der Waals surface area contributed by atoms with Crippen LogP contribution in [0.4, 0.5) is 0 Å². The summed E-state index contributed by atoms with van der Waals surface area (Å²) in [5, 5.41) is 8.25. The Hall–Kier alpha value is -7.04. The van der Waals surface area contributed by atoms with Gasteiger partial charge in [0, 0.05) is 55.4 Å². The van der Waals surface area contributed by atoms with E-state index in [1.165, 1.54) is 12.1 Å². The van der Waals surface area contributed by atoms with E-state index in [0.29, 0.717) is 0 Å². The summed E-state index contributed by atoms with van der Waals surface area (Å²) in [7, 11) is 0. The van der Waals surface area contributed by atoms with E-state index in [9.17, 15) is 14.7 Å². The first-order valence-corrected chi connectivity index (χ1v) is 15.5. The largest absolute Gasteiger partial charge is 0.508 e. The number of hydrogen-bond donors (Lipinski definition) is 1. The van der Waals surface area contributed by atoms with Gasteiger partial charge in [0.2, 0.25) is 0 Å². The van der Waals surface area contributed by atoms with Crippen LogP contribution in [0.1, 0.15) is 37.0 Å². The molecule has 0 amide bonds. The number of aromatic hydroxyl groups is 1. The first-order valence-electron chi connectivity index (χ1n) is 29.0. The fourth-order valence-electron chi connectivity index (χ4n) is 6.67. The van der Waals surface area contributed by atoms with Crippen LogP contribution in [0, 0.1) is 0 Å². The quantitative estimate of drug-likeness (QED) is 0.196. The Balaban J connectivity index is 1.41. The molecule has 4 nitrogen and oxygen atoms in total. The summed E-state index contributed by atoms with van der Waals surface area (Å²) < 4.78 is 245. The molecule has 0 bridgehead atoms. The van der Waals surface area contributed by atoms with Gasteiger partial charge in [0.1, 0.15) is 5.75 Å². The van der Waals surface area contributed by atoms with Crippen molar-refractivity contribution >= 4 is 65.4 Å². The molecular weight excluding hydrogens is 635 g/mol. The maximum atomic E-state index is 11.1. The van der Waals surface area contributed by atoms with Crippen LogP contribution in [0.5, 0.6) is 5.75 Å². The molecule has 8 aromatic carbocycles. The zero-order valence-electron chi connectivity index (χ0n) is 53.0. The molecule has 0 unspecified atom stereocenters. The SMILES string of the molecule is [2H]c1c([2H])c([2H])c(-c2cc(-n3c4c([2H])c([2H])c([2H])c([2H])c4c4c([2H])c([2H])c([2H])c([2H])c43)cc(-n3c4c([2H])c([2H])c([2H])c([2H])c4c4c([2H])c(-n5c6c([2H])c([2H])c([2H])c([2H])c6c6c([2H])c([2H])c(O)c([2H])c65)c([2H])c([2H])c43)c2)c([2H])c1[2H]. The Morgan fingerprint density at radius 2 is 0.769 bits per heavy atom. The predicted octanol–water partition coefficient (Wildman–Crippen LogP) is 12.4. The fourth-order valence-corrected chi connectivity index (χ4v) is 6.67. The van der Waals surface area contributed by atoms with Crippen molar-refractivity contribution < 1.29 is 42.1 Å². The van der Waals surface area contributed by atoms with Gasteiger partial charge < -0.3 is 18.8 Å². The molecule has 3 heterocycles. The lowest BCUT2D eigenvalue weighted by atomic mass is 10.0. The third-order valence-electron chi connectivity index (χ3n) is 8.75. The first kappa shape index (κ1) is 12.9. The molecule has 0 saturated heterocycles. The molecule has 0 spiro atoms. The maximum absolute atomic E-state index is 11.1. The van der Waals surface area contributed by atoms with Crippen molar-refractivity contribution in [2.75, 3.05) is 0 Å². The van der Waals surface area contributed by atoms with Crippen molar-refractivity contribution in [3.8, 4) is 33.9 Å². The van der Waals surface area contributed by atoms with Crippen LogP contribution in [0.2, 0.25) is 0 Å². The summed E-state index contributed by atoms with van der Waals surface area (Å²) in [6.07, 6.45) is 0. The Labute approximate surface area is 337 Å². The van der Waals surface area contributed by atoms with E-state index in [4.69, 9.17) is 27.4 Å². The van der Waals surface area contributed by atoms with Gasteiger partial charge in [-0.1, -0.05) is 103 Å². The standard InChI is InChI=1S/C48H31N3O/c52-36-23-24-41-39-16-6-8-18-43(39)49(48(41)30-36)33-22-25-47-42(29-33)40-17-7-11-21-46(40)51(47)35-27-32(31-12-2-1-3-13-31)26-34(28-35)50-44-19-9-4-14-37(44)38-15-5-10-20-45(38)50/h1-30,52H/i1D,2D,3D,4D,5D,6D,7D,8D,9D,10D,11D,12D,13D,14D,15D,16D,17D,18D,19D,20D,21D,22D,23D,24D,25D,29D,30D. The van der Waals surface area contributed by atoms with Crippen molar-refractivity contribution in [3.05, 3.63) is 181 Å². The molecule has 244 valence electrons. The highest BCUT2D eigenvalue weighted by atomic mass is 16.3. The highest BCUT2D eigenvalue weighted by Crippen LogP contribution is 2.40. The van der Waals surface area contributed by atoms with Crippen LogP contribution in [0.15, 0.2) is 181 Å². The Morgan fingerprint density at radius 3 is 1.33 bits per heavy atom. The van der Waals surface area contributed by atoms with Gasteiger partial charge in [0.15, 0.2) is 0 Å². The van der Waals surface area contributed by atoms with Crippen molar-refractivity contribution in [1.29, 1.82) is 0 Å². The molecule has 4 heteroatoms. The minimum atomic E-state index is -1.10. The zero-order valence-corrected chi connectivity index (χ0v) is 26.0. The lowest BCUT2D eigenvalue weighted by molar-refractivity contribution is 0.476. The number of nitrogens with zero attached hydrogens (tertiary/aromatic N) is 3. The number of phenolic OH excluding ortho intramolecular Hbond substituents is 1. The van der Waals surface area contributed by atoms with Gasteiger partial charge in [0.25, 0.3) is 0 Å². The van der Waals surface area contributed by atoms with Gasteiger partial charge in [-0.2, -0.15) is 0 Å². The molecule has 0 aliphatic carbocycles. The lowest BCUT2D eigenvalue weighted by Gasteiger charge is -2.16. The smallest absolute Gasteiger partial charge is 0.117 e. The van der Waals surface area contributed by atoms with Crippen LogP contribution < -0.4 is 0 Å². The molecule has 3 aromatic heterocycles. The van der Waals surface area contributed by atoms with E-state index >= 15 is 0 Å². The topological polar surface area (TPSA) is 35.0 Å². The van der Waals surface area contributed by atoms with E-state index in [0.717, 1.165) is 19.8 Å². The second-order valence-corrected chi connectivity index (χ2v) is 11.5. The van der Waals surface area contributed by atoms with E-state index in [2.05, 4.69) is 0 Å². The van der Waals surface area contributed by atoms with Crippen molar-refractivity contribution in [3.63, 3.8) is 0 Å². The molecular formula is C48H31N3O. The molecule has 0 aliphatic rings. The highest BCUT2D eigenvalue weighted by Gasteiger charge is 2.19. The monoisotopic (exact) mass is 692 g/mol. The Kier molecular flexibility index (Phi) is 2.73. The molecule has 1 N–H and O–H groups in total. The first-order chi connectivity index (χ1) is 36.9. The van der Waals surface area contributed by atoms with Crippen molar-refractivity contribution in [2.45, 2.75) is 0 Å². The van der Waals surface area contributed by atoms with Gasteiger partial charge in [-0.3, -0.25) is 0 Å². The third kappa shape index (κ3) is 4.15. The molecule has 0 saturated carbocycles. The van der Waals surface area contributed by atoms with E-state index < -0.39 is 235 Å². The Morgan fingerprint density at radius 1 is 0.327 bits per heavy atom. The molecule has 0 atom stereocenters. The van der Waals surface area contributed by atoms with Gasteiger partial charge >= 0.3 is 0 Å². The number of para-hydroxylation sites is 4. The molecule has 0 fully saturated rings. The maximum Gasteiger partial charge on any atom is 0.117 e. The van der Waals surface area contributed by atoms with Crippen molar-refractivity contribution in [1.82, 2.24) is 13.7 Å². The number of rotatable bonds is 4. The second kappa shape index (κ2) is 11.0. The van der Waals surface area contributed by atoms with Gasteiger partial charge in [-0.05, 0) is 83.7 Å². The summed E-state index contributed by atoms with van der Waals surface area (Å²) in [6.45, 7) is 0. The molecule has 52 heavy (non-hydrogen) atoms. The minimum Gasteiger partial charge on any atom is -0.508 e. The predicted molar refractivity (Wildman–Crippen MR) is 217 cm³/mol. The van der Waals surface area contributed by atoms with E-state index in [1.807, 2.05) is 0 Å². The average molecular weight is 693 g/mol. The van der Waals surface area contributed by atoms with Crippen LogP contribution in [0.25, 0.3) is 93.6 Å².